The molecule has 5 nitrogen and oxygen atoms in total. The molecule has 0 fully saturated rings. The Kier molecular flexibility index (Phi) is 5.71. The molecule has 0 saturated heterocycles. The number of aromatic nitrogens is 4. The molecule has 0 aliphatic carbocycles. The van der Waals surface area contributed by atoms with Gasteiger partial charge in [-0.3, -0.25) is 9.55 Å². The molecule has 5 heteroatoms. The molecule has 8 rings (SSSR count). The van der Waals surface area contributed by atoms with E-state index in [9.17, 15) is 0 Å². The van der Waals surface area contributed by atoms with Crippen molar-refractivity contribution in [3.8, 4) is 17.1 Å². The van der Waals surface area contributed by atoms with E-state index in [1.807, 2.05) is 36.7 Å². The molecule has 0 atom stereocenters. The smallest absolute Gasteiger partial charge is 0.165 e. The number of hydrogen-bond acceptors (Lipinski definition) is 4. The molecule has 42 heavy (non-hydrogen) atoms. The Labute approximate surface area is 243 Å². The molecule has 0 aliphatic rings. The second-order valence-electron chi connectivity index (χ2n) is 10.2. The van der Waals surface area contributed by atoms with E-state index in [-0.39, 0.29) is 0 Å². The van der Waals surface area contributed by atoms with Crippen molar-refractivity contribution in [2.75, 3.05) is 4.90 Å². The zero-order valence-corrected chi connectivity index (χ0v) is 22.7. The van der Waals surface area contributed by atoms with Gasteiger partial charge in [-0.05, 0) is 83.6 Å². The van der Waals surface area contributed by atoms with Crippen LogP contribution in [0.2, 0.25) is 0 Å². The average Bonchev–Trinajstić information content (AvgIpc) is 3.45. The van der Waals surface area contributed by atoms with Crippen LogP contribution in [-0.4, -0.2) is 19.5 Å². The monoisotopic (exact) mass is 539 g/mol. The summed E-state index contributed by atoms with van der Waals surface area (Å²) >= 11 is 0. The standard InChI is InChI=1S/C37H25N5/c1-2-13-30(14-3-1)41(32-22-17-26-9-4-5-10-29(26)25-32)31-20-18-28(19-21-31)36-40-33-15-8-24-39-37(33)42(36)34-16-6-11-27-12-7-23-38-35(27)34/h1-25H. The first-order chi connectivity index (χ1) is 20.8. The Bertz CT molecular complexity index is 2200. The predicted molar refractivity (Wildman–Crippen MR) is 172 cm³/mol. The first-order valence-electron chi connectivity index (χ1n) is 14.0. The highest BCUT2D eigenvalue weighted by atomic mass is 15.1. The van der Waals surface area contributed by atoms with Crippen molar-refractivity contribution in [3.63, 3.8) is 0 Å². The van der Waals surface area contributed by atoms with Crippen LogP contribution in [0.25, 0.3) is 49.9 Å². The first-order valence-corrected chi connectivity index (χ1v) is 14.0. The van der Waals surface area contributed by atoms with Crippen LogP contribution < -0.4 is 4.90 Å². The lowest BCUT2D eigenvalue weighted by molar-refractivity contribution is 1.08. The van der Waals surface area contributed by atoms with Gasteiger partial charge in [0.05, 0.1) is 11.2 Å². The largest absolute Gasteiger partial charge is 0.310 e. The third kappa shape index (κ3) is 4.07. The van der Waals surface area contributed by atoms with Crippen LogP contribution in [0.4, 0.5) is 17.1 Å². The number of rotatable bonds is 5. The Morgan fingerprint density at radius 3 is 2.07 bits per heavy atom. The number of pyridine rings is 2. The van der Waals surface area contributed by atoms with Crippen LogP contribution in [0.5, 0.6) is 0 Å². The molecule has 0 aliphatic heterocycles. The lowest BCUT2D eigenvalue weighted by Crippen LogP contribution is -2.09. The lowest BCUT2D eigenvalue weighted by Gasteiger charge is -2.26. The van der Waals surface area contributed by atoms with Crippen molar-refractivity contribution >= 4 is 49.9 Å². The van der Waals surface area contributed by atoms with Crippen molar-refractivity contribution in [1.82, 2.24) is 19.5 Å². The van der Waals surface area contributed by atoms with Crippen LogP contribution in [0.1, 0.15) is 0 Å². The molecule has 5 aromatic carbocycles. The zero-order valence-electron chi connectivity index (χ0n) is 22.7. The predicted octanol–water partition coefficient (Wildman–Crippen LogP) is 9.26. The number of fused-ring (bicyclic) bond motifs is 3. The summed E-state index contributed by atoms with van der Waals surface area (Å²) in [7, 11) is 0. The summed E-state index contributed by atoms with van der Waals surface area (Å²) in [5, 5.41) is 3.50. The fraction of sp³-hybridized carbons (Fsp3) is 0. The van der Waals surface area contributed by atoms with Crippen LogP contribution in [0.3, 0.4) is 0 Å². The summed E-state index contributed by atoms with van der Waals surface area (Å²) in [5.74, 6) is 0.824. The normalized spacial score (nSPS) is 11.3. The van der Waals surface area contributed by atoms with Gasteiger partial charge in [0.25, 0.3) is 0 Å². The van der Waals surface area contributed by atoms with Gasteiger partial charge < -0.3 is 4.90 Å². The molecule has 0 N–H and O–H groups in total. The van der Waals surface area contributed by atoms with Crippen molar-refractivity contribution in [1.29, 1.82) is 0 Å². The third-order valence-electron chi connectivity index (χ3n) is 7.66. The SMILES string of the molecule is c1ccc(N(c2ccc(-c3nc4cccnc4n3-c3cccc4cccnc34)cc2)c2ccc3ccccc3c2)cc1. The highest BCUT2D eigenvalue weighted by molar-refractivity contribution is 5.92. The van der Waals surface area contributed by atoms with Gasteiger partial charge in [0, 0.05) is 40.4 Å². The molecule has 3 heterocycles. The molecule has 0 saturated carbocycles. The topological polar surface area (TPSA) is 46.8 Å². The van der Waals surface area contributed by atoms with Crippen LogP contribution >= 0.6 is 0 Å². The summed E-state index contributed by atoms with van der Waals surface area (Å²) in [4.78, 5) is 16.8. The molecule has 0 spiro atoms. The van der Waals surface area contributed by atoms with E-state index in [2.05, 4.69) is 125 Å². The molecule has 8 aromatic rings. The number of imidazole rings is 1. The minimum Gasteiger partial charge on any atom is -0.310 e. The second-order valence-corrected chi connectivity index (χ2v) is 10.2. The summed E-state index contributed by atoms with van der Waals surface area (Å²) in [5.41, 5.74) is 7.77. The fourth-order valence-electron chi connectivity index (χ4n) is 5.70. The Balaban J connectivity index is 1.28. The van der Waals surface area contributed by atoms with E-state index in [0.29, 0.717) is 0 Å². The van der Waals surface area contributed by atoms with E-state index < -0.39 is 0 Å². The number of para-hydroxylation sites is 2. The van der Waals surface area contributed by atoms with Crippen LogP contribution in [0, 0.1) is 0 Å². The highest BCUT2D eigenvalue weighted by Gasteiger charge is 2.19. The lowest BCUT2D eigenvalue weighted by atomic mass is 10.1. The number of hydrogen-bond donors (Lipinski definition) is 0. The molecular formula is C37H25N5. The van der Waals surface area contributed by atoms with Gasteiger partial charge in [-0.2, -0.15) is 0 Å². The summed E-state index contributed by atoms with van der Waals surface area (Å²) < 4.78 is 2.12. The minimum atomic E-state index is 0.803. The maximum Gasteiger partial charge on any atom is 0.165 e. The molecular weight excluding hydrogens is 514 g/mol. The number of benzene rings is 5. The van der Waals surface area contributed by atoms with Gasteiger partial charge in [0.2, 0.25) is 0 Å². The molecule has 0 unspecified atom stereocenters. The summed E-state index contributed by atoms with van der Waals surface area (Å²) in [6, 6.07) is 48.4. The average molecular weight is 540 g/mol. The highest BCUT2D eigenvalue weighted by Crippen LogP contribution is 2.38. The molecule has 0 bridgehead atoms. The third-order valence-corrected chi connectivity index (χ3v) is 7.66. The molecule has 0 radical (unpaired) electrons. The van der Waals surface area contributed by atoms with E-state index >= 15 is 0 Å². The fourth-order valence-corrected chi connectivity index (χ4v) is 5.70. The Morgan fingerprint density at radius 2 is 1.19 bits per heavy atom. The van der Waals surface area contributed by atoms with E-state index in [0.717, 1.165) is 56.2 Å². The van der Waals surface area contributed by atoms with Crippen molar-refractivity contribution in [2.24, 2.45) is 0 Å². The maximum atomic E-state index is 5.05. The zero-order chi connectivity index (χ0) is 27.9. The maximum absolute atomic E-state index is 5.05. The van der Waals surface area contributed by atoms with Crippen molar-refractivity contribution < 1.29 is 0 Å². The number of anilines is 3. The quantitative estimate of drug-likeness (QED) is 0.219. The Morgan fingerprint density at radius 1 is 0.500 bits per heavy atom. The van der Waals surface area contributed by atoms with Gasteiger partial charge in [-0.25, -0.2) is 9.97 Å². The van der Waals surface area contributed by atoms with Crippen LogP contribution in [-0.2, 0) is 0 Å². The molecule has 0 amide bonds. The van der Waals surface area contributed by atoms with Crippen molar-refractivity contribution in [2.45, 2.75) is 0 Å². The minimum absolute atomic E-state index is 0.803. The van der Waals surface area contributed by atoms with E-state index in [4.69, 9.17) is 15.0 Å². The summed E-state index contributed by atoms with van der Waals surface area (Å²) in [6.45, 7) is 0. The van der Waals surface area contributed by atoms with Gasteiger partial charge in [0.15, 0.2) is 5.65 Å². The van der Waals surface area contributed by atoms with Gasteiger partial charge in [0.1, 0.15) is 11.3 Å². The molecule has 3 aromatic heterocycles. The Hall–Kier alpha value is -5.81. The van der Waals surface area contributed by atoms with E-state index in [1.165, 1.54) is 10.8 Å². The van der Waals surface area contributed by atoms with Crippen molar-refractivity contribution in [3.05, 3.63) is 152 Å². The second kappa shape index (κ2) is 9.98. The van der Waals surface area contributed by atoms with Gasteiger partial charge in [-0.1, -0.05) is 66.7 Å². The number of nitrogens with zero attached hydrogens (tertiary/aromatic N) is 5. The first kappa shape index (κ1) is 24.0. The van der Waals surface area contributed by atoms with E-state index in [1.54, 1.807) is 0 Å². The molecule has 198 valence electrons. The summed E-state index contributed by atoms with van der Waals surface area (Å²) in [6.07, 6.45) is 3.64. The van der Waals surface area contributed by atoms with Gasteiger partial charge in [-0.15, -0.1) is 0 Å². The van der Waals surface area contributed by atoms with Gasteiger partial charge >= 0.3 is 0 Å². The van der Waals surface area contributed by atoms with Crippen LogP contribution in [0.15, 0.2) is 152 Å².